The van der Waals surface area contributed by atoms with E-state index in [-0.39, 0.29) is 17.5 Å². The molecule has 1 saturated heterocycles. The third-order valence-corrected chi connectivity index (χ3v) is 6.11. The fourth-order valence-electron chi connectivity index (χ4n) is 3.91. The molecule has 0 unspecified atom stereocenters. The molecule has 1 N–H and O–H groups in total. The number of carbonyl (C=O) groups excluding carboxylic acids is 1. The molecule has 0 radical (unpaired) electrons. The first-order chi connectivity index (χ1) is 14.9. The molecule has 3 aromatic rings. The van der Waals surface area contributed by atoms with Crippen molar-refractivity contribution >= 4 is 28.9 Å². The Morgan fingerprint density at radius 3 is 2.23 bits per heavy atom. The van der Waals surface area contributed by atoms with Gasteiger partial charge in [0.15, 0.2) is 0 Å². The summed E-state index contributed by atoms with van der Waals surface area (Å²) in [5, 5.41) is 3.50. The Labute approximate surface area is 184 Å². The third kappa shape index (κ3) is 4.69. The summed E-state index contributed by atoms with van der Waals surface area (Å²) in [7, 11) is 0. The van der Waals surface area contributed by atoms with Crippen molar-refractivity contribution in [2.45, 2.75) is 25.7 Å². The lowest BCUT2D eigenvalue weighted by molar-refractivity contribution is 0.0713. The van der Waals surface area contributed by atoms with E-state index < -0.39 is 0 Å². The Kier molecular flexibility index (Phi) is 6.18. The smallest absolute Gasteiger partial charge is 0.257 e. The van der Waals surface area contributed by atoms with Crippen LogP contribution in [0.3, 0.4) is 0 Å². The van der Waals surface area contributed by atoms with Gasteiger partial charge in [-0.2, -0.15) is 0 Å². The van der Waals surface area contributed by atoms with Gasteiger partial charge in [0.2, 0.25) is 0 Å². The largest absolute Gasteiger partial charge is 0.355 e. The van der Waals surface area contributed by atoms with Gasteiger partial charge in [0, 0.05) is 30.5 Å². The molecule has 7 heteroatoms. The van der Waals surface area contributed by atoms with Crippen molar-refractivity contribution in [3.63, 3.8) is 0 Å². The fraction of sp³-hybridized carbons (Fsp3) is 0.250. The first kappa shape index (κ1) is 21.2. The quantitative estimate of drug-likeness (QED) is 0.498. The summed E-state index contributed by atoms with van der Waals surface area (Å²) in [6.45, 7) is 2.98. The van der Waals surface area contributed by atoms with Gasteiger partial charge in [0.25, 0.3) is 5.91 Å². The van der Waals surface area contributed by atoms with Crippen molar-refractivity contribution in [1.29, 1.82) is 0 Å². The van der Waals surface area contributed by atoms with E-state index in [4.69, 9.17) is 11.6 Å². The summed E-state index contributed by atoms with van der Waals surface area (Å²) < 4.78 is 26.4. The lowest BCUT2D eigenvalue weighted by Gasteiger charge is -2.33. The number of piperidine rings is 1. The van der Waals surface area contributed by atoms with Crippen LogP contribution < -0.4 is 5.32 Å². The number of aromatic nitrogens is 1. The fourth-order valence-corrected chi connectivity index (χ4v) is 4.05. The standard InChI is InChI=1S/C24H22ClF2N3O/c1-15-22(29-20-8-6-19(27)7-9-20)21(14-28-23(15)25)24(31)30-12-10-17(11-13-30)16-2-4-18(26)5-3-16/h2-9,14,17H,10-13H2,1H3,(H,28,29). The average molecular weight is 442 g/mol. The van der Waals surface area contributed by atoms with Crippen molar-refractivity contribution in [1.82, 2.24) is 9.88 Å². The van der Waals surface area contributed by atoms with Gasteiger partial charge in [-0.05, 0) is 67.6 Å². The number of benzene rings is 2. The van der Waals surface area contributed by atoms with E-state index >= 15 is 0 Å². The maximum Gasteiger partial charge on any atom is 0.257 e. The highest BCUT2D eigenvalue weighted by Gasteiger charge is 2.27. The van der Waals surface area contributed by atoms with Crippen molar-refractivity contribution in [2.75, 3.05) is 18.4 Å². The maximum absolute atomic E-state index is 13.3. The number of nitrogens with one attached hydrogen (secondary N) is 1. The number of hydrogen-bond donors (Lipinski definition) is 1. The number of amides is 1. The Hall–Kier alpha value is -2.99. The van der Waals surface area contributed by atoms with Gasteiger partial charge in [0.05, 0.1) is 11.3 Å². The van der Waals surface area contributed by atoms with Crippen LogP contribution in [0.15, 0.2) is 54.7 Å². The molecule has 2 heterocycles. The Morgan fingerprint density at radius 1 is 1.03 bits per heavy atom. The molecule has 0 atom stereocenters. The monoisotopic (exact) mass is 441 g/mol. The second-order valence-corrected chi connectivity index (χ2v) is 8.07. The Bertz CT molecular complexity index is 1080. The van der Waals surface area contributed by atoms with E-state index in [0.717, 1.165) is 18.4 Å². The molecular weight excluding hydrogens is 420 g/mol. The topological polar surface area (TPSA) is 45.2 Å². The van der Waals surface area contributed by atoms with E-state index in [2.05, 4.69) is 10.3 Å². The lowest BCUT2D eigenvalue weighted by Crippen LogP contribution is -2.38. The number of carbonyl (C=O) groups is 1. The highest BCUT2D eigenvalue weighted by Crippen LogP contribution is 2.32. The van der Waals surface area contributed by atoms with Crippen LogP contribution in [0.4, 0.5) is 20.2 Å². The second-order valence-electron chi connectivity index (χ2n) is 7.71. The minimum Gasteiger partial charge on any atom is -0.355 e. The van der Waals surface area contributed by atoms with Crippen LogP contribution in [0.1, 0.15) is 40.2 Å². The lowest BCUT2D eigenvalue weighted by atomic mass is 9.89. The summed E-state index contributed by atoms with van der Waals surface area (Å²) in [6.07, 6.45) is 3.09. The van der Waals surface area contributed by atoms with Gasteiger partial charge in [-0.3, -0.25) is 4.79 Å². The van der Waals surface area contributed by atoms with Crippen LogP contribution >= 0.6 is 11.6 Å². The van der Waals surface area contributed by atoms with Crippen molar-refractivity contribution in [3.05, 3.63) is 88.2 Å². The summed E-state index contributed by atoms with van der Waals surface area (Å²) in [4.78, 5) is 19.3. The molecule has 1 aromatic heterocycles. The van der Waals surface area contributed by atoms with Gasteiger partial charge >= 0.3 is 0 Å². The molecule has 0 saturated carbocycles. The van der Waals surface area contributed by atoms with Gasteiger partial charge < -0.3 is 10.2 Å². The van der Waals surface area contributed by atoms with Crippen LogP contribution in [0.2, 0.25) is 5.15 Å². The summed E-state index contributed by atoms with van der Waals surface area (Å²) in [5.41, 5.74) is 3.38. The summed E-state index contributed by atoms with van der Waals surface area (Å²) in [6, 6.07) is 12.5. The van der Waals surface area contributed by atoms with E-state index in [1.54, 1.807) is 24.0 Å². The predicted octanol–water partition coefficient (Wildman–Crippen LogP) is 6.09. The molecule has 160 valence electrons. The number of hydrogen-bond acceptors (Lipinski definition) is 3. The van der Waals surface area contributed by atoms with Crippen molar-refractivity contribution in [3.8, 4) is 0 Å². The first-order valence-corrected chi connectivity index (χ1v) is 10.5. The molecule has 1 aliphatic heterocycles. The van der Waals surface area contributed by atoms with E-state index in [9.17, 15) is 13.6 Å². The molecule has 0 aliphatic carbocycles. The van der Waals surface area contributed by atoms with Gasteiger partial charge in [-0.15, -0.1) is 0 Å². The maximum atomic E-state index is 13.3. The van der Waals surface area contributed by atoms with Crippen molar-refractivity contribution in [2.24, 2.45) is 0 Å². The molecule has 4 nitrogen and oxygen atoms in total. The number of pyridine rings is 1. The Morgan fingerprint density at radius 2 is 1.61 bits per heavy atom. The van der Waals surface area contributed by atoms with Gasteiger partial charge in [-0.25, -0.2) is 13.8 Å². The summed E-state index contributed by atoms with van der Waals surface area (Å²) in [5.74, 6) is -0.417. The summed E-state index contributed by atoms with van der Waals surface area (Å²) >= 11 is 6.20. The molecule has 1 amide bonds. The normalized spacial score (nSPS) is 14.5. The van der Waals surface area contributed by atoms with E-state index in [1.807, 2.05) is 12.1 Å². The minimum absolute atomic E-state index is 0.130. The Balaban J connectivity index is 1.52. The predicted molar refractivity (Wildman–Crippen MR) is 118 cm³/mol. The molecule has 31 heavy (non-hydrogen) atoms. The van der Waals surface area contributed by atoms with Crippen LogP contribution in [-0.2, 0) is 0 Å². The molecule has 4 rings (SSSR count). The highest BCUT2D eigenvalue weighted by molar-refractivity contribution is 6.30. The number of rotatable bonds is 4. The number of halogens is 3. The number of likely N-dealkylation sites (tertiary alicyclic amines) is 1. The molecule has 0 spiro atoms. The minimum atomic E-state index is -0.338. The number of nitrogens with zero attached hydrogens (tertiary/aromatic N) is 2. The van der Waals surface area contributed by atoms with Crippen LogP contribution in [0.25, 0.3) is 0 Å². The first-order valence-electron chi connectivity index (χ1n) is 10.1. The zero-order chi connectivity index (χ0) is 22.0. The van der Waals surface area contributed by atoms with E-state index in [0.29, 0.717) is 46.7 Å². The van der Waals surface area contributed by atoms with E-state index in [1.165, 1.54) is 30.5 Å². The van der Waals surface area contributed by atoms with Crippen molar-refractivity contribution < 1.29 is 13.6 Å². The van der Waals surface area contributed by atoms with Crippen LogP contribution in [-0.4, -0.2) is 28.9 Å². The SMILES string of the molecule is Cc1c(Cl)ncc(C(=O)N2CCC(c3ccc(F)cc3)CC2)c1Nc1ccc(F)cc1. The van der Waals surface area contributed by atoms with Crippen LogP contribution in [0.5, 0.6) is 0 Å². The molecule has 1 fully saturated rings. The molecule has 0 bridgehead atoms. The zero-order valence-corrected chi connectivity index (χ0v) is 17.8. The average Bonchev–Trinajstić information content (AvgIpc) is 2.79. The second kappa shape index (κ2) is 9.02. The van der Waals surface area contributed by atoms with Gasteiger partial charge in [0.1, 0.15) is 16.8 Å². The molecular formula is C24H22ClF2N3O. The third-order valence-electron chi connectivity index (χ3n) is 5.73. The molecule has 2 aromatic carbocycles. The molecule has 1 aliphatic rings. The highest BCUT2D eigenvalue weighted by atomic mass is 35.5. The van der Waals surface area contributed by atoms with Crippen LogP contribution in [0, 0.1) is 18.6 Å². The number of anilines is 2. The van der Waals surface area contributed by atoms with Gasteiger partial charge in [-0.1, -0.05) is 23.7 Å². The zero-order valence-electron chi connectivity index (χ0n) is 17.0.